The van der Waals surface area contributed by atoms with Gasteiger partial charge in [-0.25, -0.2) is 9.38 Å². The van der Waals surface area contributed by atoms with Gasteiger partial charge >= 0.3 is 0 Å². The van der Waals surface area contributed by atoms with E-state index in [0.717, 1.165) is 49.6 Å². The van der Waals surface area contributed by atoms with Gasteiger partial charge in [-0.1, -0.05) is 23.7 Å². The summed E-state index contributed by atoms with van der Waals surface area (Å²) >= 11 is 6.55. The van der Waals surface area contributed by atoms with Crippen molar-refractivity contribution in [2.75, 3.05) is 72.0 Å². The first-order valence-electron chi connectivity index (χ1n) is 14.1. The van der Waals surface area contributed by atoms with Crippen molar-refractivity contribution in [3.05, 3.63) is 76.8 Å². The van der Waals surface area contributed by atoms with E-state index in [-0.39, 0.29) is 17.6 Å². The number of anilines is 1. The Labute approximate surface area is 250 Å². The molecule has 2 N–H and O–H groups in total. The second-order valence-electron chi connectivity index (χ2n) is 10.4. The zero-order chi connectivity index (χ0) is 29.5. The first-order chi connectivity index (χ1) is 20.4. The molecular formula is C31H36ClFN6O3. The van der Waals surface area contributed by atoms with Gasteiger partial charge in [-0.05, 0) is 41.5 Å². The van der Waals surface area contributed by atoms with Crippen LogP contribution in [0.5, 0.6) is 5.75 Å². The van der Waals surface area contributed by atoms with Crippen molar-refractivity contribution in [3.8, 4) is 5.75 Å². The highest BCUT2D eigenvalue weighted by Crippen LogP contribution is 2.34. The molecule has 1 fully saturated rings. The van der Waals surface area contributed by atoms with Crippen LogP contribution in [0, 0.1) is 11.7 Å². The minimum Gasteiger partial charge on any atom is -0.494 e. The third kappa shape index (κ3) is 7.25. The van der Waals surface area contributed by atoms with Crippen molar-refractivity contribution in [2.24, 2.45) is 15.9 Å². The summed E-state index contributed by atoms with van der Waals surface area (Å²) in [5.74, 6) is 0.212. The number of hydrogen-bond donors (Lipinski definition) is 2. The van der Waals surface area contributed by atoms with Crippen LogP contribution in [0.3, 0.4) is 0 Å². The Kier molecular flexibility index (Phi) is 10.0. The van der Waals surface area contributed by atoms with Crippen molar-refractivity contribution in [1.82, 2.24) is 15.1 Å². The van der Waals surface area contributed by atoms with Crippen molar-refractivity contribution in [2.45, 2.75) is 6.42 Å². The second-order valence-corrected chi connectivity index (χ2v) is 10.8. The smallest absolute Gasteiger partial charge is 0.255 e. The number of amides is 1. The summed E-state index contributed by atoms with van der Waals surface area (Å²) in [5, 5.41) is 6.97. The number of allylic oxidation sites excluding steroid dienone is 2. The summed E-state index contributed by atoms with van der Waals surface area (Å²) in [6.07, 6.45) is 6.08. The van der Waals surface area contributed by atoms with Gasteiger partial charge in [-0.15, -0.1) is 0 Å². The van der Waals surface area contributed by atoms with E-state index >= 15 is 0 Å². The first kappa shape index (κ1) is 29.9. The average Bonchev–Trinajstić information content (AvgIpc) is 3.15. The Bertz CT molecular complexity index is 1420. The van der Waals surface area contributed by atoms with E-state index in [2.05, 4.69) is 25.5 Å². The van der Waals surface area contributed by atoms with Crippen LogP contribution in [0.15, 0.2) is 64.9 Å². The highest BCUT2D eigenvalue weighted by molar-refractivity contribution is 6.46. The van der Waals surface area contributed by atoms with Crippen LogP contribution in [-0.4, -0.2) is 93.9 Å². The fourth-order valence-corrected chi connectivity index (χ4v) is 5.38. The van der Waals surface area contributed by atoms with E-state index in [0.29, 0.717) is 48.3 Å². The third-order valence-corrected chi connectivity index (χ3v) is 7.91. The minimum absolute atomic E-state index is 0.00137. The summed E-state index contributed by atoms with van der Waals surface area (Å²) in [4.78, 5) is 26.2. The molecule has 42 heavy (non-hydrogen) atoms. The van der Waals surface area contributed by atoms with Gasteiger partial charge in [-0.3, -0.25) is 14.7 Å². The number of nitrogens with one attached hydrogen (secondary N) is 2. The van der Waals surface area contributed by atoms with Crippen molar-refractivity contribution in [3.63, 3.8) is 0 Å². The largest absolute Gasteiger partial charge is 0.494 e. The zero-order valence-corrected chi connectivity index (χ0v) is 24.7. The number of amidine groups is 1. The summed E-state index contributed by atoms with van der Waals surface area (Å²) < 4.78 is 25.1. The fourth-order valence-electron chi connectivity index (χ4n) is 5.12. The lowest BCUT2D eigenvalue weighted by Gasteiger charge is -2.27. The van der Waals surface area contributed by atoms with Crippen molar-refractivity contribution in [1.29, 1.82) is 0 Å². The number of fused-ring (bicyclic) bond motifs is 2. The molecule has 1 atom stereocenters. The molecule has 222 valence electrons. The molecule has 1 amide bonds. The molecule has 2 bridgehead atoms. The van der Waals surface area contributed by atoms with Gasteiger partial charge < -0.3 is 25.0 Å². The van der Waals surface area contributed by atoms with E-state index in [1.54, 1.807) is 48.6 Å². The maximum absolute atomic E-state index is 14.3. The number of ether oxygens (including phenoxy) is 2. The molecule has 3 aliphatic rings. The number of benzene rings is 2. The van der Waals surface area contributed by atoms with Crippen LogP contribution >= 0.6 is 11.6 Å². The van der Waals surface area contributed by atoms with Crippen molar-refractivity contribution >= 4 is 40.3 Å². The van der Waals surface area contributed by atoms with Crippen LogP contribution in [0.25, 0.3) is 5.57 Å². The van der Waals surface area contributed by atoms with Gasteiger partial charge in [0.15, 0.2) is 17.4 Å². The van der Waals surface area contributed by atoms with E-state index in [9.17, 15) is 9.18 Å². The van der Waals surface area contributed by atoms with Crippen LogP contribution in [0.2, 0.25) is 5.02 Å². The van der Waals surface area contributed by atoms with Gasteiger partial charge in [0.25, 0.3) is 5.91 Å². The predicted octanol–water partition coefficient (Wildman–Crippen LogP) is 4.32. The van der Waals surface area contributed by atoms with Crippen LogP contribution in [-0.2, 0) is 4.74 Å². The van der Waals surface area contributed by atoms with Crippen LogP contribution in [0.4, 0.5) is 10.1 Å². The quantitative estimate of drug-likeness (QED) is 0.398. The first-order valence-corrected chi connectivity index (χ1v) is 14.5. The number of halogens is 2. The van der Waals surface area contributed by atoms with E-state index in [4.69, 9.17) is 21.1 Å². The SMILES string of the molecule is COc1ccc(C2=CN=C3CC2C=CN=C3Nc2ccc(C(=O)N(C)CCOCCN3CCNCC3)c(Cl)c2)cc1F. The van der Waals surface area contributed by atoms with E-state index < -0.39 is 5.82 Å². The lowest BCUT2D eigenvalue weighted by Crippen LogP contribution is -2.44. The molecule has 9 nitrogen and oxygen atoms in total. The molecule has 11 heteroatoms. The summed E-state index contributed by atoms with van der Waals surface area (Å²) in [6.45, 7) is 6.58. The molecule has 3 aliphatic heterocycles. The van der Waals surface area contributed by atoms with Gasteiger partial charge in [-0.2, -0.15) is 0 Å². The summed E-state index contributed by atoms with van der Waals surface area (Å²) in [7, 11) is 3.19. The molecule has 5 rings (SSSR count). The lowest BCUT2D eigenvalue weighted by molar-refractivity contribution is 0.0643. The number of piperazine rings is 1. The average molecular weight is 595 g/mol. The molecule has 0 radical (unpaired) electrons. The molecular weight excluding hydrogens is 559 g/mol. The molecule has 0 spiro atoms. The normalized spacial score (nSPS) is 18.5. The Morgan fingerprint density at radius 2 is 2.02 bits per heavy atom. The lowest BCUT2D eigenvalue weighted by atomic mass is 9.87. The summed E-state index contributed by atoms with van der Waals surface area (Å²) in [5.41, 5.74) is 3.54. The van der Waals surface area contributed by atoms with Gasteiger partial charge in [0.05, 0.1) is 36.6 Å². The molecule has 2 aromatic rings. The van der Waals surface area contributed by atoms with Gasteiger partial charge in [0.1, 0.15) is 0 Å². The standard InChI is InChI=1S/C31H36ClFN6O3/c1-38(13-15-42-16-14-39-11-9-34-10-12-39)31(40)24-5-4-23(19-26(24)32)37-30-28-18-22(7-8-35-30)25(20-36-28)21-3-6-29(41-2)27(33)17-21/h3-8,17,19-20,22,34H,9-16,18H2,1-2H3,(H,35,37). The molecule has 3 heterocycles. The van der Waals surface area contributed by atoms with Crippen molar-refractivity contribution < 1.29 is 18.7 Å². The number of nitrogens with zero attached hydrogens (tertiary/aromatic N) is 4. The molecule has 1 saturated heterocycles. The monoisotopic (exact) mass is 594 g/mol. The maximum atomic E-state index is 14.3. The Morgan fingerprint density at radius 3 is 2.79 bits per heavy atom. The Morgan fingerprint density at radius 1 is 1.19 bits per heavy atom. The Balaban J connectivity index is 1.17. The molecule has 0 aromatic heterocycles. The van der Waals surface area contributed by atoms with Crippen LogP contribution < -0.4 is 15.4 Å². The highest BCUT2D eigenvalue weighted by atomic mass is 35.5. The number of aliphatic imine (C=N–C) groups is 2. The number of hydrogen-bond acceptors (Lipinski definition) is 8. The number of rotatable bonds is 10. The van der Waals surface area contributed by atoms with E-state index in [1.807, 2.05) is 12.1 Å². The number of likely N-dealkylation sites (N-methyl/N-ethyl adjacent to an activating group) is 1. The van der Waals surface area contributed by atoms with Gasteiger partial charge in [0.2, 0.25) is 0 Å². The third-order valence-electron chi connectivity index (χ3n) is 7.59. The molecule has 0 aliphatic carbocycles. The zero-order valence-electron chi connectivity index (χ0n) is 23.9. The highest BCUT2D eigenvalue weighted by Gasteiger charge is 2.25. The fraction of sp³-hybridized carbons (Fsp3) is 0.387. The van der Waals surface area contributed by atoms with Crippen LogP contribution in [0.1, 0.15) is 22.3 Å². The molecule has 0 saturated carbocycles. The molecule has 2 aromatic carbocycles. The number of carbonyl (C=O) groups is 1. The van der Waals surface area contributed by atoms with E-state index in [1.165, 1.54) is 13.2 Å². The molecule has 1 unspecified atom stereocenters. The van der Waals surface area contributed by atoms with Gasteiger partial charge in [0, 0.05) is 76.7 Å². The maximum Gasteiger partial charge on any atom is 0.255 e. The topological polar surface area (TPSA) is 90.8 Å². The number of methoxy groups -OCH3 is 1. The second kappa shape index (κ2) is 14.1. The number of carbonyl (C=O) groups excluding carboxylic acids is 1. The Hall–Kier alpha value is -3.57. The predicted molar refractivity (Wildman–Crippen MR) is 165 cm³/mol. The summed E-state index contributed by atoms with van der Waals surface area (Å²) in [6, 6.07) is 10.1. The minimum atomic E-state index is -0.415.